The first-order valence-electron chi connectivity index (χ1n) is 5.04. The van der Waals surface area contributed by atoms with E-state index in [-0.39, 0.29) is 13.1 Å². The quantitative estimate of drug-likeness (QED) is 0.724. The van der Waals surface area contributed by atoms with Gasteiger partial charge in [0.15, 0.2) is 0 Å². The van der Waals surface area contributed by atoms with Gasteiger partial charge in [-0.1, -0.05) is 15.9 Å². The first-order chi connectivity index (χ1) is 7.48. The second-order valence-corrected chi connectivity index (χ2v) is 6.28. The molecule has 0 aromatic heterocycles. The Morgan fingerprint density at radius 2 is 1.88 bits per heavy atom. The normalized spacial score (nSPS) is 21.2. The van der Waals surface area contributed by atoms with Gasteiger partial charge in [-0.3, -0.25) is 0 Å². The molecular weight excluding hydrogens is 306 g/mol. The van der Waals surface area contributed by atoms with Crippen LogP contribution in [-0.4, -0.2) is 61.4 Å². The predicted molar refractivity (Wildman–Crippen MR) is 61.3 cm³/mol. The summed E-state index contributed by atoms with van der Waals surface area (Å²) >= 11 is 3.29. The van der Waals surface area contributed by atoms with E-state index in [1.807, 2.05) is 0 Å². The summed E-state index contributed by atoms with van der Waals surface area (Å²) in [6.07, 6.45) is 0.596. The van der Waals surface area contributed by atoms with Crippen molar-refractivity contribution in [1.29, 1.82) is 0 Å². The Labute approximate surface area is 103 Å². The van der Waals surface area contributed by atoms with Gasteiger partial charge in [0.05, 0.1) is 0 Å². The maximum absolute atomic E-state index is 12.3. The first-order valence-corrected chi connectivity index (χ1v) is 7.66. The molecule has 0 saturated carbocycles. The SMILES string of the molecule is O=S(=O)(C(F)F)N1CCCN(CCBr)CC1. The molecule has 0 aromatic rings. The number of alkyl halides is 3. The summed E-state index contributed by atoms with van der Waals surface area (Å²) in [5.41, 5.74) is 0. The fourth-order valence-corrected chi connectivity index (χ4v) is 3.10. The number of rotatable bonds is 4. The molecule has 1 aliphatic heterocycles. The van der Waals surface area contributed by atoms with Gasteiger partial charge in [-0.2, -0.15) is 13.1 Å². The predicted octanol–water partition coefficient (Wildman–Crippen LogP) is 0.941. The molecule has 0 aromatic carbocycles. The Hall–Kier alpha value is 0.210. The number of hydrogen-bond acceptors (Lipinski definition) is 3. The summed E-state index contributed by atoms with van der Waals surface area (Å²) in [4.78, 5) is 2.07. The van der Waals surface area contributed by atoms with Crippen LogP contribution in [0.25, 0.3) is 0 Å². The van der Waals surface area contributed by atoms with Gasteiger partial charge in [0.1, 0.15) is 0 Å². The monoisotopic (exact) mass is 320 g/mol. The molecule has 0 bridgehead atoms. The van der Waals surface area contributed by atoms with Crippen molar-refractivity contribution in [2.45, 2.75) is 12.2 Å². The molecule has 1 rings (SSSR count). The summed E-state index contributed by atoms with van der Waals surface area (Å²) in [6, 6.07) is 0. The van der Waals surface area contributed by atoms with Crippen LogP contribution in [0.4, 0.5) is 8.78 Å². The van der Waals surface area contributed by atoms with E-state index < -0.39 is 15.8 Å². The largest absolute Gasteiger partial charge is 0.350 e. The van der Waals surface area contributed by atoms with Crippen molar-refractivity contribution in [1.82, 2.24) is 9.21 Å². The summed E-state index contributed by atoms with van der Waals surface area (Å²) in [5.74, 6) is -3.31. The average molecular weight is 321 g/mol. The molecule has 0 unspecified atom stereocenters. The maximum Gasteiger partial charge on any atom is 0.350 e. The topological polar surface area (TPSA) is 40.6 Å². The van der Waals surface area contributed by atoms with Crippen LogP contribution in [0.2, 0.25) is 0 Å². The van der Waals surface area contributed by atoms with Crippen LogP contribution in [0, 0.1) is 0 Å². The van der Waals surface area contributed by atoms with E-state index in [0.29, 0.717) is 13.0 Å². The van der Waals surface area contributed by atoms with Crippen LogP contribution >= 0.6 is 15.9 Å². The van der Waals surface area contributed by atoms with Gasteiger partial charge >= 0.3 is 5.76 Å². The first kappa shape index (κ1) is 14.3. The lowest BCUT2D eigenvalue weighted by Crippen LogP contribution is -2.38. The molecule has 0 amide bonds. The van der Waals surface area contributed by atoms with Crippen LogP contribution in [-0.2, 0) is 10.0 Å². The van der Waals surface area contributed by atoms with Crippen molar-refractivity contribution < 1.29 is 17.2 Å². The zero-order valence-corrected chi connectivity index (χ0v) is 11.2. The van der Waals surface area contributed by atoms with Crippen molar-refractivity contribution >= 4 is 26.0 Å². The molecule has 1 saturated heterocycles. The van der Waals surface area contributed by atoms with Gasteiger partial charge in [-0.25, -0.2) is 8.42 Å². The van der Waals surface area contributed by atoms with Crippen molar-refractivity contribution in [2.24, 2.45) is 0 Å². The molecule has 1 fully saturated rings. The van der Waals surface area contributed by atoms with Crippen molar-refractivity contribution in [3.8, 4) is 0 Å². The Morgan fingerprint density at radius 1 is 1.19 bits per heavy atom. The molecule has 96 valence electrons. The third-order valence-electron chi connectivity index (χ3n) is 2.53. The van der Waals surface area contributed by atoms with Crippen LogP contribution in [0.15, 0.2) is 0 Å². The summed E-state index contributed by atoms with van der Waals surface area (Å²) in [7, 11) is -4.40. The van der Waals surface area contributed by atoms with Crippen molar-refractivity contribution in [3.63, 3.8) is 0 Å². The Morgan fingerprint density at radius 3 is 2.44 bits per heavy atom. The number of nitrogens with zero attached hydrogens (tertiary/aromatic N) is 2. The maximum atomic E-state index is 12.3. The van der Waals surface area contributed by atoms with E-state index in [4.69, 9.17) is 0 Å². The smallest absolute Gasteiger partial charge is 0.301 e. The third-order valence-corrected chi connectivity index (χ3v) is 4.42. The van der Waals surface area contributed by atoms with E-state index in [1.165, 1.54) is 0 Å². The van der Waals surface area contributed by atoms with Crippen LogP contribution < -0.4 is 0 Å². The fourth-order valence-electron chi connectivity index (χ4n) is 1.66. The minimum Gasteiger partial charge on any atom is -0.301 e. The Bertz CT molecular complexity index is 313. The van der Waals surface area contributed by atoms with Gasteiger partial charge < -0.3 is 4.90 Å². The van der Waals surface area contributed by atoms with Gasteiger partial charge in [0.2, 0.25) is 0 Å². The van der Waals surface area contributed by atoms with E-state index in [1.54, 1.807) is 0 Å². The molecule has 1 heterocycles. The molecular formula is C8H15BrF2N2O2S. The zero-order valence-electron chi connectivity index (χ0n) is 8.78. The summed E-state index contributed by atoms with van der Waals surface area (Å²) in [5, 5.41) is 0.800. The lowest BCUT2D eigenvalue weighted by atomic mass is 10.4. The molecule has 4 nitrogen and oxygen atoms in total. The highest BCUT2D eigenvalue weighted by molar-refractivity contribution is 9.09. The van der Waals surface area contributed by atoms with E-state index in [0.717, 1.165) is 22.7 Å². The fraction of sp³-hybridized carbons (Fsp3) is 1.00. The Balaban J connectivity index is 2.60. The Kier molecular flexibility index (Phi) is 5.55. The van der Waals surface area contributed by atoms with Crippen LogP contribution in [0.5, 0.6) is 0 Å². The minimum absolute atomic E-state index is 0.152. The minimum atomic E-state index is -4.40. The number of sulfonamides is 1. The number of hydrogen-bond donors (Lipinski definition) is 0. The van der Waals surface area contributed by atoms with Gasteiger partial charge in [0, 0.05) is 31.5 Å². The molecule has 0 spiro atoms. The van der Waals surface area contributed by atoms with Gasteiger partial charge in [-0.05, 0) is 13.0 Å². The van der Waals surface area contributed by atoms with Crippen molar-refractivity contribution in [2.75, 3.05) is 38.1 Å². The lowest BCUT2D eigenvalue weighted by Gasteiger charge is -2.20. The van der Waals surface area contributed by atoms with Gasteiger partial charge in [0.25, 0.3) is 10.0 Å². The highest BCUT2D eigenvalue weighted by Gasteiger charge is 2.32. The zero-order chi connectivity index (χ0) is 12.2. The van der Waals surface area contributed by atoms with Gasteiger partial charge in [-0.15, -0.1) is 0 Å². The molecule has 16 heavy (non-hydrogen) atoms. The third kappa shape index (κ3) is 3.61. The average Bonchev–Trinajstić information content (AvgIpc) is 2.44. The van der Waals surface area contributed by atoms with E-state index in [9.17, 15) is 17.2 Å². The molecule has 0 aliphatic carbocycles. The van der Waals surface area contributed by atoms with E-state index >= 15 is 0 Å². The summed E-state index contributed by atoms with van der Waals surface area (Å²) < 4.78 is 48.0. The molecule has 8 heteroatoms. The summed E-state index contributed by atoms with van der Waals surface area (Å²) in [6.45, 7) is 2.41. The lowest BCUT2D eigenvalue weighted by molar-refractivity contribution is 0.218. The van der Waals surface area contributed by atoms with Crippen molar-refractivity contribution in [3.05, 3.63) is 0 Å². The molecule has 0 atom stereocenters. The highest BCUT2D eigenvalue weighted by Crippen LogP contribution is 2.14. The standard InChI is InChI=1S/C8H15BrF2N2O2S/c9-2-5-12-3-1-4-13(7-6-12)16(14,15)8(10)11/h8H,1-7H2. The highest BCUT2D eigenvalue weighted by atomic mass is 79.9. The second kappa shape index (κ2) is 6.23. The number of halogens is 3. The van der Waals surface area contributed by atoms with Crippen LogP contribution in [0.3, 0.4) is 0 Å². The van der Waals surface area contributed by atoms with E-state index in [2.05, 4.69) is 20.8 Å². The molecule has 1 aliphatic rings. The molecule has 0 N–H and O–H groups in total. The molecule has 0 radical (unpaired) electrons. The van der Waals surface area contributed by atoms with Crippen LogP contribution in [0.1, 0.15) is 6.42 Å². The second-order valence-electron chi connectivity index (χ2n) is 3.59.